The minimum absolute atomic E-state index is 0.518. The summed E-state index contributed by atoms with van der Waals surface area (Å²) in [7, 11) is 5.88. The Bertz CT molecular complexity index is 350. The van der Waals surface area contributed by atoms with Gasteiger partial charge >= 0.3 is 0 Å². The topological polar surface area (TPSA) is 24.5 Å². The molecule has 0 aromatic heterocycles. The fourth-order valence-corrected chi connectivity index (χ4v) is 1.84. The van der Waals surface area contributed by atoms with Gasteiger partial charge in [-0.15, -0.1) is 0 Å². The van der Waals surface area contributed by atoms with Crippen molar-refractivity contribution in [2.24, 2.45) is 5.92 Å². The maximum atomic E-state index is 5.12. The van der Waals surface area contributed by atoms with Crippen LogP contribution < -0.4 is 10.2 Å². The summed E-state index contributed by atoms with van der Waals surface area (Å²) in [6.45, 7) is 6.04. The molecule has 0 aliphatic rings. The predicted molar refractivity (Wildman–Crippen MR) is 75.0 cm³/mol. The third kappa shape index (κ3) is 4.27. The van der Waals surface area contributed by atoms with Crippen molar-refractivity contribution in [3.63, 3.8) is 0 Å². The van der Waals surface area contributed by atoms with Crippen molar-refractivity contribution in [1.29, 1.82) is 0 Å². The Hall–Kier alpha value is -1.22. The van der Waals surface area contributed by atoms with E-state index in [0.717, 1.165) is 13.2 Å². The molecular weight excluding hydrogens is 212 g/mol. The Morgan fingerprint density at radius 2 is 2.06 bits per heavy atom. The fourth-order valence-electron chi connectivity index (χ4n) is 1.84. The Balaban J connectivity index is 2.63. The average Bonchev–Trinajstić information content (AvgIpc) is 2.28. The van der Waals surface area contributed by atoms with Crippen LogP contribution in [0.3, 0.4) is 0 Å². The molecule has 0 aliphatic heterocycles. The lowest BCUT2D eigenvalue weighted by Crippen LogP contribution is -2.16. The van der Waals surface area contributed by atoms with E-state index >= 15 is 0 Å². The standard InChI is InChI=1S/C14H24N2O/c1-11(10-17-5)9-15-13-7-6-12(2)14(8-13)16(3)4/h6-8,11,15H,9-10H2,1-5H3. The van der Waals surface area contributed by atoms with E-state index in [1.165, 1.54) is 16.9 Å². The van der Waals surface area contributed by atoms with Crippen LogP contribution in [-0.4, -0.2) is 34.4 Å². The van der Waals surface area contributed by atoms with E-state index < -0.39 is 0 Å². The van der Waals surface area contributed by atoms with Crippen LogP contribution in [0.1, 0.15) is 12.5 Å². The van der Waals surface area contributed by atoms with Crippen LogP contribution in [0, 0.1) is 12.8 Å². The van der Waals surface area contributed by atoms with Crippen LogP contribution in [-0.2, 0) is 4.74 Å². The molecular formula is C14H24N2O. The number of rotatable bonds is 6. The Labute approximate surface area is 105 Å². The summed E-state index contributed by atoms with van der Waals surface area (Å²) in [5.74, 6) is 0.518. The van der Waals surface area contributed by atoms with Gasteiger partial charge in [-0.2, -0.15) is 0 Å². The molecule has 0 aliphatic carbocycles. The predicted octanol–water partition coefficient (Wildman–Crippen LogP) is 2.76. The molecule has 0 saturated carbocycles. The molecule has 1 atom stereocenters. The van der Waals surface area contributed by atoms with Gasteiger partial charge in [-0.25, -0.2) is 0 Å². The molecule has 0 amide bonds. The average molecular weight is 236 g/mol. The Morgan fingerprint density at radius 3 is 2.65 bits per heavy atom. The van der Waals surface area contributed by atoms with Gasteiger partial charge in [0.25, 0.3) is 0 Å². The molecule has 96 valence electrons. The van der Waals surface area contributed by atoms with Gasteiger partial charge in [-0.1, -0.05) is 13.0 Å². The smallest absolute Gasteiger partial charge is 0.0504 e. The van der Waals surface area contributed by atoms with Crippen LogP contribution in [0.5, 0.6) is 0 Å². The number of benzene rings is 1. The number of nitrogens with zero attached hydrogens (tertiary/aromatic N) is 1. The number of hydrogen-bond acceptors (Lipinski definition) is 3. The van der Waals surface area contributed by atoms with Crippen molar-refractivity contribution in [2.45, 2.75) is 13.8 Å². The summed E-state index contributed by atoms with van der Waals surface area (Å²) in [4.78, 5) is 2.14. The van der Waals surface area contributed by atoms with Crippen molar-refractivity contribution in [1.82, 2.24) is 0 Å². The van der Waals surface area contributed by atoms with E-state index in [1.54, 1.807) is 7.11 Å². The van der Waals surface area contributed by atoms with Crippen molar-refractivity contribution in [3.05, 3.63) is 23.8 Å². The molecule has 1 unspecified atom stereocenters. The van der Waals surface area contributed by atoms with Gasteiger partial charge in [0, 0.05) is 39.1 Å². The van der Waals surface area contributed by atoms with Crippen molar-refractivity contribution >= 4 is 11.4 Å². The summed E-state index contributed by atoms with van der Waals surface area (Å²) >= 11 is 0. The fraction of sp³-hybridized carbons (Fsp3) is 0.571. The maximum Gasteiger partial charge on any atom is 0.0504 e. The van der Waals surface area contributed by atoms with Crippen LogP contribution in [0.15, 0.2) is 18.2 Å². The van der Waals surface area contributed by atoms with E-state index in [0.29, 0.717) is 5.92 Å². The summed E-state index contributed by atoms with van der Waals surface area (Å²) in [5, 5.41) is 3.45. The Kier molecular flexibility index (Phi) is 5.29. The van der Waals surface area contributed by atoms with Gasteiger partial charge in [0.15, 0.2) is 0 Å². The molecule has 0 heterocycles. The largest absolute Gasteiger partial charge is 0.385 e. The zero-order valence-corrected chi connectivity index (χ0v) is 11.6. The molecule has 3 nitrogen and oxygen atoms in total. The number of anilines is 2. The zero-order chi connectivity index (χ0) is 12.8. The molecule has 1 rings (SSSR count). The molecule has 0 saturated heterocycles. The van der Waals surface area contributed by atoms with Gasteiger partial charge in [0.1, 0.15) is 0 Å². The molecule has 1 aromatic carbocycles. The maximum absolute atomic E-state index is 5.12. The van der Waals surface area contributed by atoms with E-state index in [4.69, 9.17) is 4.74 Å². The van der Waals surface area contributed by atoms with Crippen LogP contribution in [0.2, 0.25) is 0 Å². The number of ether oxygens (including phenoxy) is 1. The third-order valence-electron chi connectivity index (χ3n) is 2.80. The van der Waals surface area contributed by atoms with Crippen molar-refractivity contribution in [3.8, 4) is 0 Å². The third-order valence-corrected chi connectivity index (χ3v) is 2.80. The molecule has 1 aromatic rings. The lowest BCUT2D eigenvalue weighted by atomic mass is 10.1. The van der Waals surface area contributed by atoms with Gasteiger partial charge in [-0.05, 0) is 30.5 Å². The molecule has 0 radical (unpaired) electrons. The van der Waals surface area contributed by atoms with Gasteiger partial charge < -0.3 is 15.0 Å². The van der Waals surface area contributed by atoms with Crippen LogP contribution in [0.25, 0.3) is 0 Å². The normalized spacial score (nSPS) is 12.3. The second kappa shape index (κ2) is 6.50. The van der Waals surface area contributed by atoms with Gasteiger partial charge in [-0.3, -0.25) is 0 Å². The molecule has 17 heavy (non-hydrogen) atoms. The summed E-state index contributed by atoms with van der Waals surface area (Å²) < 4.78 is 5.12. The Morgan fingerprint density at radius 1 is 1.35 bits per heavy atom. The lowest BCUT2D eigenvalue weighted by molar-refractivity contribution is 0.164. The molecule has 1 N–H and O–H groups in total. The minimum atomic E-state index is 0.518. The quantitative estimate of drug-likeness (QED) is 0.822. The molecule has 0 bridgehead atoms. The van der Waals surface area contributed by atoms with Crippen LogP contribution in [0.4, 0.5) is 11.4 Å². The van der Waals surface area contributed by atoms with E-state index in [2.05, 4.69) is 56.4 Å². The van der Waals surface area contributed by atoms with E-state index in [9.17, 15) is 0 Å². The summed E-state index contributed by atoms with van der Waals surface area (Å²) in [5.41, 5.74) is 3.72. The monoisotopic (exact) mass is 236 g/mol. The minimum Gasteiger partial charge on any atom is -0.385 e. The van der Waals surface area contributed by atoms with Crippen molar-refractivity contribution in [2.75, 3.05) is 44.6 Å². The SMILES string of the molecule is COCC(C)CNc1ccc(C)c(N(C)C)c1. The number of nitrogens with one attached hydrogen (secondary N) is 1. The number of hydrogen-bond donors (Lipinski definition) is 1. The second-order valence-corrected chi connectivity index (χ2v) is 4.84. The second-order valence-electron chi connectivity index (χ2n) is 4.84. The first-order chi connectivity index (χ1) is 8.04. The lowest BCUT2D eigenvalue weighted by Gasteiger charge is -2.18. The van der Waals surface area contributed by atoms with Crippen LogP contribution >= 0.6 is 0 Å². The highest BCUT2D eigenvalue weighted by Crippen LogP contribution is 2.22. The molecule has 0 fully saturated rings. The number of methoxy groups -OCH3 is 1. The zero-order valence-electron chi connectivity index (χ0n) is 11.6. The first-order valence-corrected chi connectivity index (χ1v) is 6.05. The van der Waals surface area contributed by atoms with E-state index in [1.807, 2.05) is 0 Å². The van der Waals surface area contributed by atoms with Gasteiger partial charge in [0.2, 0.25) is 0 Å². The van der Waals surface area contributed by atoms with Gasteiger partial charge in [0.05, 0.1) is 6.61 Å². The first kappa shape index (κ1) is 13.8. The first-order valence-electron chi connectivity index (χ1n) is 6.05. The molecule has 3 heteroatoms. The highest BCUT2D eigenvalue weighted by Gasteiger charge is 2.04. The highest BCUT2D eigenvalue weighted by atomic mass is 16.5. The van der Waals surface area contributed by atoms with E-state index in [-0.39, 0.29) is 0 Å². The summed E-state index contributed by atoms with van der Waals surface area (Å²) in [6, 6.07) is 6.47. The number of aryl methyl sites for hydroxylation is 1. The molecule has 0 spiro atoms. The summed E-state index contributed by atoms with van der Waals surface area (Å²) in [6.07, 6.45) is 0. The highest BCUT2D eigenvalue weighted by molar-refractivity contribution is 5.61. The van der Waals surface area contributed by atoms with Crippen molar-refractivity contribution < 1.29 is 4.74 Å².